The number of nitrogens with zero attached hydrogens (tertiary/aromatic N) is 2. The molecule has 0 saturated carbocycles. The molecule has 32 heteroatoms. The van der Waals surface area contributed by atoms with Crippen molar-refractivity contribution in [2.75, 3.05) is 54.2 Å². The lowest BCUT2D eigenvalue weighted by Gasteiger charge is -2.25. The second kappa shape index (κ2) is 46.2. The molecule has 4 aromatic rings. The number of carboxylic acid groups (broad SMARTS) is 1. The monoisotopic (exact) mass is 2300 g/mol. The van der Waals surface area contributed by atoms with Crippen molar-refractivity contribution in [2.24, 2.45) is 0 Å². The van der Waals surface area contributed by atoms with Gasteiger partial charge in [-0.25, -0.2) is 4.79 Å². The summed E-state index contributed by atoms with van der Waals surface area (Å²) in [5, 5.41) is 23.7. The molecule has 0 bridgehead atoms. The van der Waals surface area contributed by atoms with E-state index in [9.17, 15) is 67.0 Å². The second-order valence-electron chi connectivity index (χ2n) is 19.4. The summed E-state index contributed by atoms with van der Waals surface area (Å²) in [6, 6.07) is 0. The molecule has 0 spiro atoms. The fourth-order valence-electron chi connectivity index (χ4n) is 8.94. The Hall–Kier alpha value is -1.52. The second-order valence-corrected chi connectivity index (χ2v) is 29.6. The minimum absolute atomic E-state index is 0. The molecule has 95 heavy (non-hydrogen) atoms. The van der Waals surface area contributed by atoms with Crippen molar-refractivity contribution in [1.82, 2.24) is 0 Å². The van der Waals surface area contributed by atoms with Crippen LogP contribution in [0.2, 0.25) is 0 Å². The van der Waals surface area contributed by atoms with Gasteiger partial charge in [0.25, 0.3) is 5.24 Å². The summed E-state index contributed by atoms with van der Waals surface area (Å²) in [6.07, 6.45) is 0.360. The topological polar surface area (TPSA) is 293 Å². The molecular weight excluding hydrogens is 2230 g/mol. The van der Waals surface area contributed by atoms with Gasteiger partial charge in [-0.05, 0) is 278 Å². The van der Waals surface area contributed by atoms with Crippen LogP contribution in [0.15, 0.2) is 0 Å². The Balaban J connectivity index is -0.00000159. The molecule has 4 N–H and O–H groups in total. The maximum atomic E-state index is 13.6. The van der Waals surface area contributed by atoms with Gasteiger partial charge in [0.05, 0.1) is 49.5 Å². The van der Waals surface area contributed by atoms with Crippen LogP contribution in [0.1, 0.15) is 221 Å². The Morgan fingerprint density at radius 1 is 0.463 bits per heavy atom. The molecule has 0 unspecified atom stereocenters. The molecule has 0 aromatic heterocycles. The number of ketones is 6. The summed E-state index contributed by atoms with van der Waals surface area (Å²) in [6.45, 7) is 12.7. The third-order valence-electron chi connectivity index (χ3n) is 13.6. The maximum absolute atomic E-state index is 13.6. The zero-order valence-electron chi connectivity index (χ0n) is 51.7. The van der Waals surface area contributed by atoms with Crippen LogP contribution in [0.25, 0.3) is 0 Å². The molecular formula is C63H73Cl4FI8N4O15. The van der Waals surface area contributed by atoms with Crippen LogP contribution in [0.4, 0.5) is 31.9 Å². The van der Waals surface area contributed by atoms with Crippen LogP contribution in [0, 0.1) is 56.3 Å². The zero-order chi connectivity index (χ0) is 72.1. The Labute approximate surface area is 684 Å². The summed E-state index contributed by atoms with van der Waals surface area (Å²) in [5.74, 6) is -4.24. The molecule has 0 heterocycles. The highest BCUT2D eigenvalue weighted by atomic mass is 127. The summed E-state index contributed by atoms with van der Waals surface area (Å²) in [7, 11) is 2.15. The first-order chi connectivity index (χ1) is 43.2. The van der Waals surface area contributed by atoms with Crippen LogP contribution < -0.4 is 20.4 Å². The third kappa shape index (κ3) is 25.4. The van der Waals surface area contributed by atoms with Crippen molar-refractivity contribution in [3.63, 3.8) is 0 Å². The van der Waals surface area contributed by atoms with E-state index < -0.39 is 40.7 Å². The molecule has 0 fully saturated rings. The minimum Gasteiger partial charge on any atom is -0.478 e. The predicted octanol–water partition coefficient (Wildman–Crippen LogP) is 19.1. The maximum Gasteiger partial charge on any atom is 0.337 e. The molecule has 0 atom stereocenters. The number of rotatable bonds is 26. The van der Waals surface area contributed by atoms with Gasteiger partial charge in [-0.15, -0.1) is 11.6 Å². The van der Waals surface area contributed by atoms with E-state index in [4.69, 9.17) is 34.5 Å². The van der Waals surface area contributed by atoms with Crippen molar-refractivity contribution in [2.45, 2.75) is 142 Å². The SMILES string of the molecule is C.C.C.CCC(=O)c1c(I)c(C(=O)CCC(=O)Nc2c(C)c(C(=O)CCCCl)c(I)c(C(=O)Cl)c2I)c(C)c(N(C)C(C)=O)c1I.CCC(=O)c1c(I)c(C(=O)CCC(=O)Nc2c(C)c(C(=O)CCCO)c(I)c(C(=O)O)c2I)c(C)c(N(C)C(C)=O)c1I.O=C(Cl)Cl.[2H]CF. The highest BCUT2D eigenvalue weighted by Crippen LogP contribution is 2.41. The number of halogens is 13. The summed E-state index contributed by atoms with van der Waals surface area (Å²) >= 11 is 35.9. The van der Waals surface area contributed by atoms with E-state index in [0.717, 1.165) is 0 Å². The Morgan fingerprint density at radius 3 is 1.03 bits per heavy atom. The van der Waals surface area contributed by atoms with Gasteiger partial charge >= 0.3 is 10.7 Å². The molecule has 526 valence electrons. The van der Waals surface area contributed by atoms with Crippen LogP contribution in [0.3, 0.4) is 0 Å². The van der Waals surface area contributed by atoms with Gasteiger partial charge in [-0.2, -0.15) is 0 Å². The largest absolute Gasteiger partial charge is 0.478 e. The first-order valence-corrected chi connectivity index (χ1v) is 37.1. The zero-order valence-corrected chi connectivity index (χ0v) is 71.0. The first-order valence-electron chi connectivity index (χ1n) is 27.5. The number of aliphatic hydroxyl groups excluding tert-OH is 1. The molecule has 4 aromatic carbocycles. The third-order valence-corrected chi connectivity index (χ3v) is 22.6. The van der Waals surface area contributed by atoms with Crippen molar-refractivity contribution < 1.29 is 78.3 Å². The Kier molecular flexibility index (Phi) is 46.4. The lowest BCUT2D eigenvalue weighted by Crippen LogP contribution is -2.27. The smallest absolute Gasteiger partial charge is 0.337 e. The number of benzene rings is 4. The number of hydrogen-bond acceptors (Lipinski definition) is 14. The number of carboxylic acids is 1. The predicted molar refractivity (Wildman–Crippen MR) is 445 cm³/mol. The van der Waals surface area contributed by atoms with Gasteiger partial charge in [0, 0.05) is 147 Å². The fourth-order valence-corrected chi connectivity index (χ4v) is 21.4. The highest BCUT2D eigenvalue weighted by molar-refractivity contribution is 14.1. The van der Waals surface area contributed by atoms with E-state index in [0.29, 0.717) is 84.0 Å². The number of anilines is 4. The Morgan fingerprint density at radius 2 is 0.747 bits per heavy atom. The molecule has 0 aliphatic heterocycles. The van der Waals surface area contributed by atoms with Crippen molar-refractivity contribution in [3.8, 4) is 0 Å². The van der Waals surface area contributed by atoms with Gasteiger partial charge in [0.2, 0.25) is 23.6 Å². The number of carbonyl (C=O) groups is 13. The lowest BCUT2D eigenvalue weighted by molar-refractivity contribution is -0.117. The number of amides is 4. The van der Waals surface area contributed by atoms with E-state index in [2.05, 4.69) is 33.8 Å². The van der Waals surface area contributed by atoms with E-state index in [1.54, 1.807) is 55.6 Å². The molecule has 4 rings (SSSR count). The highest BCUT2D eigenvalue weighted by Gasteiger charge is 2.33. The number of aromatic carboxylic acids is 1. The number of Topliss-reactive ketones (excluding diaryl/α,β-unsaturated/α-hetero) is 6. The first kappa shape index (κ1) is 95.5. The molecule has 0 aliphatic rings. The lowest BCUT2D eigenvalue weighted by atomic mass is 9.94. The normalized spacial score (nSPS) is 10.3. The van der Waals surface area contributed by atoms with Gasteiger partial charge < -0.3 is 30.6 Å². The quantitative estimate of drug-likeness (QED) is 0.0197. The Bertz CT molecular complexity index is 3460. The number of hydrogen-bond donors (Lipinski definition) is 4. The number of nitrogens with one attached hydrogen (secondary N) is 2. The van der Waals surface area contributed by atoms with E-state index in [1.807, 2.05) is 181 Å². The summed E-state index contributed by atoms with van der Waals surface area (Å²) in [4.78, 5) is 166. The van der Waals surface area contributed by atoms with E-state index in [-0.39, 0.29) is 174 Å². The molecule has 0 saturated heterocycles. The minimum atomic E-state index is -1.26. The van der Waals surface area contributed by atoms with Crippen LogP contribution in [0.5, 0.6) is 0 Å². The molecule has 4 amide bonds. The molecule has 0 aliphatic carbocycles. The van der Waals surface area contributed by atoms with Crippen LogP contribution >= 0.6 is 227 Å². The number of aliphatic hydroxyl groups is 1. The van der Waals surface area contributed by atoms with E-state index in [1.165, 1.54) is 23.6 Å². The van der Waals surface area contributed by atoms with Gasteiger partial charge in [-0.3, -0.25) is 61.9 Å². The van der Waals surface area contributed by atoms with Gasteiger partial charge in [0.15, 0.2) is 34.7 Å². The van der Waals surface area contributed by atoms with Crippen molar-refractivity contribution in [1.29, 1.82) is 0 Å². The average Bonchev–Trinajstić information content (AvgIpc) is 0.811. The van der Waals surface area contributed by atoms with Crippen molar-refractivity contribution >= 4 is 324 Å². The van der Waals surface area contributed by atoms with Crippen LogP contribution in [-0.4, -0.2) is 118 Å². The number of alkyl halides is 2. The molecule has 19 nitrogen and oxygen atoms in total. The average molecular weight is 2300 g/mol. The molecule has 0 radical (unpaired) electrons. The van der Waals surface area contributed by atoms with Crippen molar-refractivity contribution in [3.05, 3.63) is 95.3 Å². The van der Waals surface area contributed by atoms with Crippen LogP contribution in [-0.2, 0) is 19.2 Å². The van der Waals surface area contributed by atoms with Gasteiger partial charge in [0.1, 0.15) is 0 Å². The number of carbonyl (C=O) groups excluding carboxylic acids is 12. The van der Waals surface area contributed by atoms with E-state index >= 15 is 0 Å². The standard InChI is InChI=1S/C29H28Cl2I4N2O6.C29H30I4N2O8.CCl2O.CH3F.3CH4/c1-6-15(39)21-23(32)20(13(3)28(26(21)35)37(5)14(4)38)17(41)9-10-18(42)36-27-12(2)19(16(40)8-7-11-30)24(33)22(25(27)34)29(31)43;1-6-15(38)21-23(30)20(13(3)28(26(21)33)35(5)14(4)37)17(40)9-10-18(41)34-27-12(2)19(16(39)8-7-11-36)24(31)22(25(27)32)29(42)43;2-1(3)4;1-2;;;/h6-11H2,1-5H3,(H,36,42);36H,6-11H2,1-5H3,(H,34,41)(H,42,43);;1H3;3*1H4/i;;;1D;;;. The fraction of sp³-hybridized carbons (Fsp3) is 0.413. The summed E-state index contributed by atoms with van der Waals surface area (Å²) < 4.78 is 18.0. The van der Waals surface area contributed by atoms with Gasteiger partial charge in [-0.1, -0.05) is 36.1 Å². The summed E-state index contributed by atoms with van der Waals surface area (Å²) in [5.41, 5.74) is 5.05.